The summed E-state index contributed by atoms with van der Waals surface area (Å²) in [6.45, 7) is -0.247. The van der Waals surface area contributed by atoms with Crippen LogP contribution in [0.2, 0.25) is 5.15 Å². The van der Waals surface area contributed by atoms with Crippen LogP contribution >= 0.6 is 11.6 Å². The summed E-state index contributed by atoms with van der Waals surface area (Å²) in [5, 5.41) is 13.2. The minimum Gasteiger partial charge on any atom is -0.484 e. The van der Waals surface area contributed by atoms with Gasteiger partial charge < -0.3 is 10.1 Å². The first-order chi connectivity index (χ1) is 10.1. The number of carbonyl (C=O) groups excluding carboxylic acids is 1. The molecule has 2 rings (SSSR count). The van der Waals surface area contributed by atoms with Crippen molar-refractivity contribution in [2.45, 2.75) is 0 Å². The molecule has 0 aliphatic rings. The normalized spacial score (nSPS) is 9.95. The van der Waals surface area contributed by atoms with Gasteiger partial charge in [0.2, 0.25) is 0 Å². The van der Waals surface area contributed by atoms with Gasteiger partial charge in [-0.25, -0.2) is 4.98 Å². The lowest BCUT2D eigenvalue weighted by Crippen LogP contribution is -2.20. The number of pyridine rings is 1. The highest BCUT2D eigenvalue weighted by Gasteiger charge is 2.08. The van der Waals surface area contributed by atoms with Crippen molar-refractivity contribution in [1.82, 2.24) is 4.98 Å². The molecule has 0 aliphatic carbocycles. The SMILES string of the molecule is O=C(COc1ccc([N+](=O)[O-])cc1)Nc1cccnc1Cl. The van der Waals surface area contributed by atoms with Crippen LogP contribution in [0.1, 0.15) is 0 Å². The number of carbonyl (C=O) groups is 1. The van der Waals surface area contributed by atoms with E-state index in [2.05, 4.69) is 10.3 Å². The number of amides is 1. The molecule has 0 bridgehead atoms. The number of aromatic nitrogens is 1. The molecule has 0 saturated carbocycles. The maximum Gasteiger partial charge on any atom is 0.269 e. The number of nitro benzene ring substituents is 1. The quantitative estimate of drug-likeness (QED) is 0.520. The molecule has 0 unspecified atom stereocenters. The van der Waals surface area contributed by atoms with E-state index in [0.29, 0.717) is 11.4 Å². The Morgan fingerprint density at radius 1 is 1.33 bits per heavy atom. The van der Waals surface area contributed by atoms with Crippen LogP contribution in [0.4, 0.5) is 11.4 Å². The van der Waals surface area contributed by atoms with Crippen molar-refractivity contribution in [1.29, 1.82) is 0 Å². The summed E-state index contributed by atoms with van der Waals surface area (Å²) in [7, 11) is 0. The average molecular weight is 308 g/mol. The van der Waals surface area contributed by atoms with Gasteiger partial charge >= 0.3 is 0 Å². The summed E-state index contributed by atoms with van der Waals surface area (Å²) in [6.07, 6.45) is 1.51. The average Bonchev–Trinajstić information content (AvgIpc) is 2.48. The summed E-state index contributed by atoms with van der Waals surface area (Å²) in [5.41, 5.74) is 0.338. The second-order valence-electron chi connectivity index (χ2n) is 3.93. The molecule has 0 aliphatic heterocycles. The van der Waals surface area contributed by atoms with Crippen molar-refractivity contribution >= 4 is 28.9 Å². The zero-order valence-electron chi connectivity index (χ0n) is 10.7. The number of ether oxygens (including phenoxy) is 1. The Balaban J connectivity index is 1.89. The maximum atomic E-state index is 11.7. The second-order valence-corrected chi connectivity index (χ2v) is 4.29. The van der Waals surface area contributed by atoms with Gasteiger partial charge in [0, 0.05) is 18.3 Å². The van der Waals surface area contributed by atoms with E-state index in [0.717, 1.165) is 0 Å². The highest BCUT2D eigenvalue weighted by atomic mass is 35.5. The van der Waals surface area contributed by atoms with Crippen molar-refractivity contribution in [2.24, 2.45) is 0 Å². The molecule has 1 aromatic heterocycles. The third-order valence-electron chi connectivity index (χ3n) is 2.45. The van der Waals surface area contributed by atoms with Crippen LogP contribution in [0.15, 0.2) is 42.6 Å². The van der Waals surface area contributed by atoms with E-state index < -0.39 is 10.8 Å². The van der Waals surface area contributed by atoms with Gasteiger partial charge in [0.05, 0.1) is 10.6 Å². The highest BCUT2D eigenvalue weighted by molar-refractivity contribution is 6.32. The largest absolute Gasteiger partial charge is 0.484 e. The third-order valence-corrected chi connectivity index (χ3v) is 2.75. The number of halogens is 1. The van der Waals surface area contributed by atoms with E-state index >= 15 is 0 Å². The van der Waals surface area contributed by atoms with Crippen LogP contribution in [0, 0.1) is 10.1 Å². The Kier molecular flexibility index (Phi) is 4.68. The first kappa shape index (κ1) is 14.7. The van der Waals surface area contributed by atoms with Crippen molar-refractivity contribution in [2.75, 3.05) is 11.9 Å². The van der Waals surface area contributed by atoms with Crippen molar-refractivity contribution in [3.8, 4) is 5.75 Å². The lowest BCUT2D eigenvalue weighted by Gasteiger charge is -2.08. The molecule has 0 atom stereocenters. The lowest BCUT2D eigenvalue weighted by atomic mass is 10.3. The number of rotatable bonds is 5. The monoisotopic (exact) mass is 307 g/mol. The zero-order chi connectivity index (χ0) is 15.2. The molecular formula is C13H10ClN3O4. The molecule has 108 valence electrons. The number of nitro groups is 1. The smallest absolute Gasteiger partial charge is 0.269 e. The summed E-state index contributed by atoms with van der Waals surface area (Å²) in [4.78, 5) is 25.5. The van der Waals surface area contributed by atoms with Crippen LogP contribution in [-0.4, -0.2) is 22.4 Å². The van der Waals surface area contributed by atoms with E-state index in [4.69, 9.17) is 16.3 Å². The highest BCUT2D eigenvalue weighted by Crippen LogP contribution is 2.19. The fraction of sp³-hybridized carbons (Fsp3) is 0.0769. The summed E-state index contributed by atoms with van der Waals surface area (Å²) in [5.74, 6) is -0.0590. The molecule has 0 spiro atoms. The minimum absolute atomic E-state index is 0.0473. The molecule has 21 heavy (non-hydrogen) atoms. The molecule has 2 aromatic rings. The topological polar surface area (TPSA) is 94.4 Å². The lowest BCUT2D eigenvalue weighted by molar-refractivity contribution is -0.384. The molecule has 0 radical (unpaired) electrons. The standard InChI is InChI=1S/C13H10ClN3O4/c14-13-11(2-1-7-15-13)16-12(18)8-21-10-5-3-9(4-6-10)17(19)20/h1-7H,8H2,(H,16,18). The van der Waals surface area contributed by atoms with Gasteiger partial charge in [0.15, 0.2) is 11.8 Å². The molecule has 7 nitrogen and oxygen atoms in total. The predicted octanol–water partition coefficient (Wildman–Crippen LogP) is 2.66. The number of nitrogens with zero attached hydrogens (tertiary/aromatic N) is 2. The summed E-state index contributed by atoms with van der Waals surface area (Å²) >= 11 is 5.80. The van der Waals surface area contributed by atoms with Gasteiger partial charge in [0.1, 0.15) is 5.75 Å². The van der Waals surface area contributed by atoms with Gasteiger partial charge in [-0.15, -0.1) is 0 Å². The van der Waals surface area contributed by atoms with Gasteiger partial charge in [-0.05, 0) is 24.3 Å². The fourth-order valence-corrected chi connectivity index (χ4v) is 1.65. The number of hydrogen-bond donors (Lipinski definition) is 1. The summed E-state index contributed by atoms with van der Waals surface area (Å²) < 4.78 is 5.22. The van der Waals surface area contributed by atoms with E-state index in [1.807, 2.05) is 0 Å². The fourth-order valence-electron chi connectivity index (χ4n) is 1.48. The van der Waals surface area contributed by atoms with E-state index in [1.54, 1.807) is 12.1 Å². The number of non-ortho nitro benzene ring substituents is 1. The van der Waals surface area contributed by atoms with Gasteiger partial charge in [0.25, 0.3) is 11.6 Å². The Morgan fingerprint density at radius 3 is 2.67 bits per heavy atom. The molecule has 1 aromatic carbocycles. The van der Waals surface area contributed by atoms with Crippen molar-refractivity contribution in [3.63, 3.8) is 0 Å². The molecule has 0 saturated heterocycles. The maximum absolute atomic E-state index is 11.7. The number of benzene rings is 1. The van der Waals surface area contributed by atoms with E-state index in [1.165, 1.54) is 30.5 Å². The third kappa shape index (κ3) is 4.15. The Labute approximate surface area is 124 Å². The van der Waals surface area contributed by atoms with E-state index in [9.17, 15) is 14.9 Å². The Hall–Kier alpha value is -2.67. The first-order valence-electron chi connectivity index (χ1n) is 5.84. The van der Waals surface area contributed by atoms with Gasteiger partial charge in [-0.3, -0.25) is 14.9 Å². The number of nitrogens with one attached hydrogen (secondary N) is 1. The summed E-state index contributed by atoms with van der Waals surface area (Å²) in [6, 6.07) is 8.68. The Bertz CT molecular complexity index is 661. The molecule has 1 heterocycles. The van der Waals surface area contributed by atoms with Crippen LogP contribution in [0.3, 0.4) is 0 Å². The zero-order valence-corrected chi connectivity index (χ0v) is 11.4. The molecule has 1 amide bonds. The van der Waals surface area contributed by atoms with Crippen LogP contribution < -0.4 is 10.1 Å². The van der Waals surface area contributed by atoms with Crippen LogP contribution in [0.5, 0.6) is 5.75 Å². The van der Waals surface area contributed by atoms with Crippen molar-refractivity contribution < 1.29 is 14.5 Å². The van der Waals surface area contributed by atoms with E-state index in [-0.39, 0.29) is 17.4 Å². The first-order valence-corrected chi connectivity index (χ1v) is 6.21. The van der Waals surface area contributed by atoms with Crippen LogP contribution in [-0.2, 0) is 4.79 Å². The molecular weight excluding hydrogens is 298 g/mol. The number of anilines is 1. The van der Waals surface area contributed by atoms with Crippen molar-refractivity contribution in [3.05, 3.63) is 57.9 Å². The molecule has 1 N–H and O–H groups in total. The molecule has 0 fully saturated rings. The minimum atomic E-state index is -0.513. The van der Waals surface area contributed by atoms with Gasteiger partial charge in [-0.2, -0.15) is 0 Å². The van der Waals surface area contributed by atoms with Gasteiger partial charge in [-0.1, -0.05) is 11.6 Å². The van der Waals surface area contributed by atoms with Crippen LogP contribution in [0.25, 0.3) is 0 Å². The number of hydrogen-bond acceptors (Lipinski definition) is 5. The Morgan fingerprint density at radius 2 is 2.05 bits per heavy atom. The molecule has 8 heteroatoms. The predicted molar refractivity (Wildman–Crippen MR) is 76.5 cm³/mol. The second kappa shape index (κ2) is 6.67.